The molecule has 4 aromatic rings. The van der Waals surface area contributed by atoms with Gasteiger partial charge in [0.2, 0.25) is 0 Å². The highest BCUT2D eigenvalue weighted by molar-refractivity contribution is 5.89. The van der Waals surface area contributed by atoms with Gasteiger partial charge in [0.25, 0.3) is 0 Å². The molecule has 152 valence electrons. The first-order valence-electron chi connectivity index (χ1n) is 10.0. The number of methoxy groups -OCH3 is 2. The minimum absolute atomic E-state index is 0.569. The molecule has 5 heteroatoms. The van der Waals surface area contributed by atoms with Crippen LogP contribution in [0.4, 0.5) is 5.82 Å². The lowest BCUT2D eigenvalue weighted by molar-refractivity contribution is 0.399. The zero-order valence-electron chi connectivity index (χ0n) is 17.3. The predicted molar refractivity (Wildman–Crippen MR) is 120 cm³/mol. The second-order valence-corrected chi connectivity index (χ2v) is 7.02. The van der Waals surface area contributed by atoms with Gasteiger partial charge in [-0.25, -0.2) is 9.97 Å². The number of fused-ring (bicyclic) bond motifs is 1. The van der Waals surface area contributed by atoms with Crippen molar-refractivity contribution in [1.82, 2.24) is 9.97 Å². The third-order valence-corrected chi connectivity index (χ3v) is 5.06. The van der Waals surface area contributed by atoms with E-state index >= 15 is 0 Å². The first-order chi connectivity index (χ1) is 14.8. The number of anilines is 1. The minimum atomic E-state index is 0.569. The molecule has 0 aliphatic carbocycles. The van der Waals surface area contributed by atoms with Crippen LogP contribution in [0.3, 0.4) is 0 Å². The van der Waals surface area contributed by atoms with Crippen LogP contribution in [0.2, 0.25) is 0 Å². The number of rotatable bonds is 8. The molecule has 0 saturated carbocycles. The number of hydrogen-bond donors (Lipinski definition) is 1. The molecule has 0 aliphatic heterocycles. The molecule has 0 spiro atoms. The van der Waals surface area contributed by atoms with Crippen LogP contribution in [0.1, 0.15) is 17.0 Å². The van der Waals surface area contributed by atoms with Crippen molar-refractivity contribution in [3.8, 4) is 11.5 Å². The second-order valence-electron chi connectivity index (χ2n) is 7.02. The minimum Gasteiger partial charge on any atom is -0.497 e. The standard InChI is InChI=1S/C25H25N3O2/c1-29-20-13-14-23(30-2)19(16-20)17-26-25-21-10-6-7-11-22(21)27-24(28-25)15-12-18-8-4-3-5-9-18/h3-11,13-14,16H,12,15,17H2,1-2H3,(H,26,27,28). The molecule has 0 atom stereocenters. The topological polar surface area (TPSA) is 56.3 Å². The van der Waals surface area contributed by atoms with Crippen LogP contribution in [-0.4, -0.2) is 24.2 Å². The first kappa shape index (κ1) is 19.7. The maximum Gasteiger partial charge on any atom is 0.137 e. The molecule has 0 saturated heterocycles. The van der Waals surface area contributed by atoms with Crippen LogP contribution in [0, 0.1) is 0 Å². The fourth-order valence-corrected chi connectivity index (χ4v) is 3.47. The summed E-state index contributed by atoms with van der Waals surface area (Å²) in [4.78, 5) is 9.61. The number of hydrogen-bond acceptors (Lipinski definition) is 5. The van der Waals surface area contributed by atoms with Crippen molar-refractivity contribution < 1.29 is 9.47 Å². The molecule has 1 aromatic heterocycles. The van der Waals surface area contributed by atoms with Crippen molar-refractivity contribution in [3.63, 3.8) is 0 Å². The molecule has 0 bridgehead atoms. The Hall–Kier alpha value is -3.60. The van der Waals surface area contributed by atoms with E-state index in [4.69, 9.17) is 19.4 Å². The quantitative estimate of drug-likeness (QED) is 0.450. The van der Waals surface area contributed by atoms with Gasteiger partial charge in [0.05, 0.1) is 19.7 Å². The average Bonchev–Trinajstić information content (AvgIpc) is 2.81. The Bertz CT molecular complexity index is 1130. The number of benzene rings is 3. The van der Waals surface area contributed by atoms with Crippen molar-refractivity contribution in [3.05, 3.63) is 89.7 Å². The van der Waals surface area contributed by atoms with Gasteiger partial charge in [0.1, 0.15) is 23.1 Å². The van der Waals surface area contributed by atoms with E-state index in [1.54, 1.807) is 14.2 Å². The summed E-state index contributed by atoms with van der Waals surface area (Å²) < 4.78 is 10.9. The van der Waals surface area contributed by atoms with Gasteiger partial charge in [0.15, 0.2) is 0 Å². The summed E-state index contributed by atoms with van der Waals surface area (Å²) in [7, 11) is 3.34. The van der Waals surface area contributed by atoms with E-state index < -0.39 is 0 Å². The van der Waals surface area contributed by atoms with Crippen molar-refractivity contribution in [2.75, 3.05) is 19.5 Å². The van der Waals surface area contributed by atoms with Crippen LogP contribution >= 0.6 is 0 Å². The summed E-state index contributed by atoms with van der Waals surface area (Å²) in [6, 6.07) is 24.3. The molecule has 0 radical (unpaired) electrons. The summed E-state index contributed by atoms with van der Waals surface area (Å²) >= 11 is 0. The Labute approximate surface area is 176 Å². The summed E-state index contributed by atoms with van der Waals surface area (Å²) in [5.74, 6) is 3.26. The Kier molecular flexibility index (Phi) is 6.09. The first-order valence-corrected chi connectivity index (χ1v) is 10.0. The zero-order valence-corrected chi connectivity index (χ0v) is 17.3. The molecule has 0 fully saturated rings. The fourth-order valence-electron chi connectivity index (χ4n) is 3.47. The predicted octanol–water partition coefficient (Wildman–Crippen LogP) is 5.04. The van der Waals surface area contributed by atoms with Crippen LogP contribution in [-0.2, 0) is 19.4 Å². The summed E-state index contributed by atoms with van der Waals surface area (Å²) in [6.07, 6.45) is 1.69. The van der Waals surface area contributed by atoms with Crippen molar-refractivity contribution in [1.29, 1.82) is 0 Å². The molecule has 1 N–H and O–H groups in total. The van der Waals surface area contributed by atoms with Gasteiger partial charge in [-0.05, 0) is 42.3 Å². The van der Waals surface area contributed by atoms with Gasteiger partial charge in [-0.2, -0.15) is 0 Å². The lowest BCUT2D eigenvalue weighted by Crippen LogP contribution is -2.07. The van der Waals surface area contributed by atoms with Crippen LogP contribution < -0.4 is 14.8 Å². The summed E-state index contributed by atoms with van der Waals surface area (Å²) in [5.41, 5.74) is 3.23. The number of aromatic nitrogens is 2. The van der Waals surface area contributed by atoms with Gasteiger partial charge in [0, 0.05) is 23.9 Å². The van der Waals surface area contributed by atoms with Crippen LogP contribution in [0.15, 0.2) is 72.8 Å². The Morgan fingerprint density at radius 2 is 1.60 bits per heavy atom. The summed E-state index contributed by atoms with van der Waals surface area (Å²) in [5, 5.41) is 4.48. The molecule has 4 rings (SSSR count). The van der Waals surface area contributed by atoms with Gasteiger partial charge in [-0.15, -0.1) is 0 Å². The van der Waals surface area contributed by atoms with E-state index in [9.17, 15) is 0 Å². The maximum atomic E-state index is 5.50. The normalized spacial score (nSPS) is 10.7. The second kappa shape index (κ2) is 9.27. The molecule has 0 amide bonds. The maximum absolute atomic E-state index is 5.50. The third-order valence-electron chi connectivity index (χ3n) is 5.06. The highest BCUT2D eigenvalue weighted by Gasteiger charge is 2.10. The van der Waals surface area contributed by atoms with Crippen molar-refractivity contribution >= 4 is 16.7 Å². The van der Waals surface area contributed by atoms with Gasteiger partial charge in [-0.3, -0.25) is 0 Å². The van der Waals surface area contributed by atoms with E-state index in [1.165, 1.54) is 5.56 Å². The number of nitrogens with zero attached hydrogens (tertiary/aromatic N) is 2. The number of aryl methyl sites for hydroxylation is 2. The van der Waals surface area contributed by atoms with E-state index in [0.717, 1.165) is 52.4 Å². The number of ether oxygens (including phenoxy) is 2. The van der Waals surface area contributed by atoms with E-state index in [2.05, 4.69) is 29.6 Å². The molecule has 1 heterocycles. The fraction of sp³-hybridized carbons (Fsp3) is 0.200. The lowest BCUT2D eigenvalue weighted by Gasteiger charge is -2.14. The van der Waals surface area contributed by atoms with E-state index in [0.29, 0.717) is 6.54 Å². The van der Waals surface area contributed by atoms with Crippen molar-refractivity contribution in [2.24, 2.45) is 0 Å². The number of nitrogens with one attached hydrogen (secondary N) is 1. The summed E-state index contributed by atoms with van der Waals surface area (Å²) in [6.45, 7) is 0.569. The Morgan fingerprint density at radius 1 is 0.800 bits per heavy atom. The molecule has 5 nitrogen and oxygen atoms in total. The molecular formula is C25H25N3O2. The highest BCUT2D eigenvalue weighted by Crippen LogP contribution is 2.26. The van der Waals surface area contributed by atoms with E-state index in [1.807, 2.05) is 48.5 Å². The van der Waals surface area contributed by atoms with Gasteiger partial charge >= 0.3 is 0 Å². The van der Waals surface area contributed by atoms with E-state index in [-0.39, 0.29) is 0 Å². The average molecular weight is 399 g/mol. The zero-order chi connectivity index (χ0) is 20.8. The smallest absolute Gasteiger partial charge is 0.137 e. The highest BCUT2D eigenvalue weighted by atomic mass is 16.5. The largest absolute Gasteiger partial charge is 0.497 e. The SMILES string of the molecule is COc1ccc(OC)c(CNc2nc(CCc3ccccc3)nc3ccccc23)c1. The lowest BCUT2D eigenvalue weighted by atomic mass is 10.1. The van der Waals surface area contributed by atoms with Crippen molar-refractivity contribution in [2.45, 2.75) is 19.4 Å². The molecular weight excluding hydrogens is 374 g/mol. The Morgan fingerprint density at radius 3 is 2.40 bits per heavy atom. The van der Waals surface area contributed by atoms with Crippen LogP contribution in [0.5, 0.6) is 11.5 Å². The van der Waals surface area contributed by atoms with Gasteiger partial charge in [-0.1, -0.05) is 42.5 Å². The van der Waals surface area contributed by atoms with Crippen LogP contribution in [0.25, 0.3) is 10.9 Å². The molecule has 0 aliphatic rings. The molecule has 30 heavy (non-hydrogen) atoms. The Balaban J connectivity index is 1.60. The monoisotopic (exact) mass is 399 g/mol. The van der Waals surface area contributed by atoms with Gasteiger partial charge < -0.3 is 14.8 Å². The molecule has 3 aromatic carbocycles. The number of para-hydroxylation sites is 1. The molecule has 0 unspecified atom stereocenters. The third kappa shape index (κ3) is 4.51.